The molecule has 13 heteroatoms. The van der Waals surface area contributed by atoms with Crippen LogP contribution in [0.5, 0.6) is 5.75 Å². The van der Waals surface area contributed by atoms with Crippen LogP contribution in [-0.2, 0) is 27.0 Å². The standard InChI is InChI=1S/C51H60ClN7O5/c1-49(2,3)59-42(60)18-17-40(47(59)63)57-29-35-34(46(57)62)14-16-37-44(35)64-30-51(37)19-21-54(22-20-51)28-31-9-11-32(12-10-31)55-23-25-56(26-24-55)33-13-15-36-41(27-33)58-39-8-6-7-38(52)43(39)45(61)53-48(58)50(36,4)5/h6-8,13-16,27,31-32,40H,9-12,17-26,28-30H2,1-5H3/t31?,32?,40-/m0/s1. The summed E-state index contributed by atoms with van der Waals surface area (Å²) in [6, 6.07) is 16.5. The molecule has 6 aliphatic heterocycles. The smallest absolute Gasteiger partial charge is 0.282 e. The molecule has 7 aliphatic rings. The monoisotopic (exact) mass is 885 g/mol. The first-order chi connectivity index (χ1) is 30.6. The Hall–Kier alpha value is -4.78. The van der Waals surface area contributed by atoms with Crippen molar-refractivity contribution < 1.29 is 19.1 Å². The predicted molar refractivity (Wildman–Crippen MR) is 248 cm³/mol. The number of hydrogen-bond donors (Lipinski definition) is 0. The van der Waals surface area contributed by atoms with Crippen LogP contribution in [-0.4, -0.2) is 117 Å². The van der Waals surface area contributed by atoms with Gasteiger partial charge >= 0.3 is 0 Å². The average molecular weight is 887 g/mol. The van der Waals surface area contributed by atoms with Gasteiger partial charge in [0.15, 0.2) is 0 Å². The van der Waals surface area contributed by atoms with Crippen molar-refractivity contribution in [2.24, 2.45) is 5.92 Å². The number of halogens is 1. The van der Waals surface area contributed by atoms with Crippen LogP contribution in [0.3, 0.4) is 0 Å². The van der Waals surface area contributed by atoms with E-state index in [0.717, 1.165) is 92.9 Å². The topological polar surface area (TPSA) is 112 Å². The molecular formula is C51H60ClN7O5. The van der Waals surface area contributed by atoms with Crippen LogP contribution in [0.2, 0.25) is 5.02 Å². The third-order valence-electron chi connectivity index (χ3n) is 16.2. The minimum Gasteiger partial charge on any atom is -0.492 e. The maximum absolute atomic E-state index is 13.8. The molecule has 1 aliphatic carbocycles. The summed E-state index contributed by atoms with van der Waals surface area (Å²) in [7, 11) is 0. The van der Waals surface area contributed by atoms with Crippen molar-refractivity contribution in [1.29, 1.82) is 0 Å². The van der Waals surface area contributed by atoms with E-state index < -0.39 is 17.0 Å². The molecule has 3 amide bonds. The van der Waals surface area contributed by atoms with Gasteiger partial charge in [0.1, 0.15) is 17.6 Å². The van der Waals surface area contributed by atoms with E-state index in [-0.39, 0.29) is 35.1 Å². The van der Waals surface area contributed by atoms with E-state index in [1.54, 1.807) is 11.0 Å². The fraction of sp³-hybridized carbons (Fsp3) is 0.549. The lowest BCUT2D eigenvalue weighted by molar-refractivity contribution is -0.158. The summed E-state index contributed by atoms with van der Waals surface area (Å²) in [5.74, 6) is 1.76. The molecule has 1 atom stereocenters. The lowest BCUT2D eigenvalue weighted by atomic mass is 9.73. The highest BCUT2D eigenvalue weighted by molar-refractivity contribution is 6.35. The number of rotatable bonds is 5. The van der Waals surface area contributed by atoms with Gasteiger partial charge in [0.2, 0.25) is 5.91 Å². The summed E-state index contributed by atoms with van der Waals surface area (Å²) in [6.07, 6.45) is 7.75. The predicted octanol–water partition coefficient (Wildman–Crippen LogP) is 7.06. The van der Waals surface area contributed by atoms with E-state index in [0.29, 0.717) is 41.6 Å². The lowest BCUT2D eigenvalue weighted by Gasteiger charge is -2.44. The number of hydrogen-bond acceptors (Lipinski definition) is 9. The zero-order valence-electron chi connectivity index (χ0n) is 37.9. The number of aromatic nitrogens is 2. The number of ether oxygens (including phenoxy) is 1. The van der Waals surface area contributed by atoms with E-state index in [1.165, 1.54) is 47.4 Å². The van der Waals surface area contributed by atoms with E-state index in [1.807, 2.05) is 39.0 Å². The number of benzene rings is 3. The van der Waals surface area contributed by atoms with E-state index in [2.05, 4.69) is 62.4 Å². The van der Waals surface area contributed by atoms with Gasteiger partial charge in [-0.1, -0.05) is 29.8 Å². The largest absolute Gasteiger partial charge is 0.492 e. The van der Waals surface area contributed by atoms with Crippen molar-refractivity contribution in [2.75, 3.05) is 57.3 Å². The first-order valence-corrected chi connectivity index (χ1v) is 24.1. The third-order valence-corrected chi connectivity index (χ3v) is 16.6. The van der Waals surface area contributed by atoms with E-state index in [4.69, 9.17) is 16.3 Å². The molecule has 0 bridgehead atoms. The maximum atomic E-state index is 13.8. The Morgan fingerprint density at radius 2 is 1.59 bits per heavy atom. The van der Waals surface area contributed by atoms with Crippen molar-refractivity contribution in [3.8, 4) is 11.4 Å². The van der Waals surface area contributed by atoms with Crippen LogP contribution in [0, 0.1) is 5.92 Å². The van der Waals surface area contributed by atoms with Crippen LogP contribution < -0.4 is 15.2 Å². The van der Waals surface area contributed by atoms with E-state index in [9.17, 15) is 19.2 Å². The summed E-state index contributed by atoms with van der Waals surface area (Å²) >= 11 is 6.54. The summed E-state index contributed by atoms with van der Waals surface area (Å²) in [4.78, 5) is 68.8. The second kappa shape index (κ2) is 15.1. The normalized spacial score (nSPS) is 25.5. The Morgan fingerprint density at radius 3 is 2.33 bits per heavy atom. The summed E-state index contributed by atoms with van der Waals surface area (Å²) in [6.45, 7) is 18.2. The van der Waals surface area contributed by atoms with Crippen molar-refractivity contribution in [2.45, 2.75) is 121 Å². The zero-order chi connectivity index (χ0) is 44.4. The molecule has 64 heavy (non-hydrogen) atoms. The van der Waals surface area contributed by atoms with Crippen molar-refractivity contribution in [3.05, 3.63) is 92.0 Å². The Labute approximate surface area is 380 Å². The zero-order valence-corrected chi connectivity index (χ0v) is 38.7. The van der Waals surface area contributed by atoms with Gasteiger partial charge in [0.05, 0.1) is 40.2 Å². The third kappa shape index (κ3) is 6.55. The highest BCUT2D eigenvalue weighted by Crippen LogP contribution is 2.50. The summed E-state index contributed by atoms with van der Waals surface area (Å²) in [5.41, 5.74) is 5.68. The minimum absolute atomic E-state index is 0.0471. The molecule has 1 spiro atoms. The molecule has 11 rings (SSSR count). The molecule has 1 saturated carbocycles. The fourth-order valence-corrected chi connectivity index (χ4v) is 12.9. The molecule has 0 radical (unpaired) electrons. The number of imide groups is 1. The second-order valence-electron chi connectivity index (χ2n) is 21.3. The van der Waals surface area contributed by atoms with Gasteiger partial charge in [0, 0.05) is 78.5 Å². The van der Waals surface area contributed by atoms with Gasteiger partial charge < -0.3 is 19.4 Å². The molecule has 4 fully saturated rings. The highest BCUT2D eigenvalue weighted by Gasteiger charge is 2.50. The number of nitrogens with zero attached hydrogens (tertiary/aromatic N) is 7. The van der Waals surface area contributed by atoms with Gasteiger partial charge in [0.25, 0.3) is 17.4 Å². The van der Waals surface area contributed by atoms with Gasteiger partial charge in [-0.2, -0.15) is 4.98 Å². The highest BCUT2D eigenvalue weighted by atomic mass is 35.5. The second-order valence-corrected chi connectivity index (χ2v) is 21.7. The average Bonchev–Trinajstić information content (AvgIpc) is 3.88. The number of amides is 3. The van der Waals surface area contributed by atoms with Crippen molar-refractivity contribution in [1.82, 2.24) is 29.2 Å². The molecule has 4 aromatic rings. The van der Waals surface area contributed by atoms with Crippen LogP contribution in [0.15, 0.2) is 53.3 Å². The minimum atomic E-state index is -0.641. The SMILES string of the molecule is CC1(C)c2ccc(N3CCN(C4CCC(CN5CCC6(CC5)COc5c6ccc6c5CN([C@H]5CCC(=O)N(C(C)(C)C)C5=O)C6=O)CC4)CC3)cc2-n2c1nc(=O)c1c(Cl)cccc12. The molecule has 1 aromatic heterocycles. The molecule has 7 heterocycles. The van der Waals surface area contributed by atoms with Gasteiger partial charge in [-0.25, -0.2) is 0 Å². The lowest BCUT2D eigenvalue weighted by Crippen LogP contribution is -2.60. The number of carbonyl (C=O) groups is 3. The first-order valence-electron chi connectivity index (χ1n) is 23.7. The molecule has 12 nitrogen and oxygen atoms in total. The van der Waals surface area contributed by atoms with Gasteiger partial charge in [-0.05, 0) is 134 Å². The number of piperazine rings is 1. The summed E-state index contributed by atoms with van der Waals surface area (Å²) in [5, 5.41) is 0.911. The van der Waals surface area contributed by atoms with Crippen LogP contribution >= 0.6 is 11.6 Å². The van der Waals surface area contributed by atoms with Crippen molar-refractivity contribution in [3.63, 3.8) is 0 Å². The fourth-order valence-electron chi connectivity index (χ4n) is 12.7. The van der Waals surface area contributed by atoms with Gasteiger partial charge in [-0.3, -0.25) is 33.5 Å². The quantitative estimate of drug-likeness (QED) is 0.195. The van der Waals surface area contributed by atoms with Gasteiger partial charge in [-0.15, -0.1) is 0 Å². The molecule has 3 aromatic carbocycles. The number of piperidine rings is 2. The maximum Gasteiger partial charge on any atom is 0.282 e. The van der Waals surface area contributed by atoms with Crippen molar-refractivity contribution >= 4 is 45.9 Å². The Balaban J connectivity index is 0.682. The van der Waals surface area contributed by atoms with E-state index >= 15 is 0 Å². The molecule has 0 N–H and O–H groups in total. The number of anilines is 1. The summed E-state index contributed by atoms with van der Waals surface area (Å²) < 4.78 is 8.66. The Bertz CT molecular complexity index is 2660. The van der Waals surface area contributed by atoms with Crippen LogP contribution in [0.25, 0.3) is 16.6 Å². The number of fused-ring (bicyclic) bond motifs is 9. The Kier molecular flexibility index (Phi) is 9.91. The molecule has 0 unspecified atom stereocenters. The Morgan fingerprint density at radius 1 is 0.859 bits per heavy atom. The molecule has 3 saturated heterocycles. The van der Waals surface area contributed by atoms with Crippen LogP contribution in [0.1, 0.15) is 119 Å². The number of likely N-dealkylation sites (tertiary alicyclic amines) is 2. The molecular weight excluding hydrogens is 826 g/mol. The number of carbonyl (C=O) groups excluding carboxylic acids is 3. The molecule has 336 valence electrons. The van der Waals surface area contributed by atoms with Crippen LogP contribution in [0.4, 0.5) is 5.69 Å². The first kappa shape index (κ1) is 41.9.